The molecule has 1 atom stereocenters. The van der Waals surface area contributed by atoms with Crippen molar-refractivity contribution in [2.24, 2.45) is 0 Å². The number of carbonyl (C=O) groups excluding carboxylic acids is 2. The maximum Gasteiger partial charge on any atom is 0.311 e. The zero-order valence-corrected chi connectivity index (χ0v) is 19.3. The number of nitrogens with one attached hydrogen (secondary N) is 1. The standard InChI is InChI=1S/C21H23Cl2N3O6/c1-4-17(21(28)24-2)25(11-13-5-7-15(22)16(23)9-13)20(27)12-32-14-6-8-18(26(29)30)19(10-14)31-3/h5-10,17H,4,11-12H2,1-3H3,(H,24,28)/t17-/m0/s1. The van der Waals surface area contributed by atoms with E-state index >= 15 is 0 Å². The van der Waals surface area contributed by atoms with E-state index in [0.717, 1.165) is 0 Å². The summed E-state index contributed by atoms with van der Waals surface area (Å²) < 4.78 is 10.6. The van der Waals surface area contributed by atoms with Crippen LogP contribution in [0.25, 0.3) is 0 Å². The van der Waals surface area contributed by atoms with Crippen molar-refractivity contribution < 1.29 is 24.0 Å². The minimum atomic E-state index is -0.739. The predicted octanol–water partition coefficient (Wildman–Crippen LogP) is 3.84. The Bertz CT molecular complexity index is 1000. The molecule has 2 rings (SSSR count). The maximum absolute atomic E-state index is 13.0. The summed E-state index contributed by atoms with van der Waals surface area (Å²) >= 11 is 12.1. The molecule has 0 saturated carbocycles. The Labute approximate surface area is 195 Å². The summed E-state index contributed by atoms with van der Waals surface area (Å²) in [6.45, 7) is 1.50. The zero-order chi connectivity index (χ0) is 23.8. The highest BCUT2D eigenvalue weighted by Gasteiger charge is 2.28. The molecule has 0 unspecified atom stereocenters. The quantitative estimate of drug-likeness (QED) is 0.405. The van der Waals surface area contributed by atoms with Crippen LogP contribution in [0.3, 0.4) is 0 Å². The lowest BCUT2D eigenvalue weighted by Crippen LogP contribution is -2.49. The Morgan fingerprint density at radius 1 is 1.19 bits per heavy atom. The number of hydrogen-bond acceptors (Lipinski definition) is 6. The van der Waals surface area contributed by atoms with Gasteiger partial charge in [-0.05, 0) is 30.2 Å². The number of methoxy groups -OCH3 is 1. The van der Waals surface area contributed by atoms with E-state index in [-0.39, 0.29) is 29.6 Å². The normalized spacial score (nSPS) is 11.4. The van der Waals surface area contributed by atoms with Crippen molar-refractivity contribution in [3.05, 3.63) is 62.1 Å². The number of ether oxygens (including phenoxy) is 2. The van der Waals surface area contributed by atoms with Crippen LogP contribution in [0.4, 0.5) is 5.69 Å². The highest BCUT2D eigenvalue weighted by molar-refractivity contribution is 6.42. The van der Waals surface area contributed by atoms with Crippen molar-refractivity contribution >= 4 is 40.7 Å². The number of benzene rings is 2. The molecule has 0 spiro atoms. The molecule has 0 aliphatic carbocycles. The van der Waals surface area contributed by atoms with Crippen LogP contribution in [0.5, 0.6) is 11.5 Å². The van der Waals surface area contributed by atoms with Crippen LogP contribution in [-0.4, -0.2) is 48.4 Å². The summed E-state index contributed by atoms with van der Waals surface area (Å²) in [5.41, 5.74) is 0.463. The summed E-state index contributed by atoms with van der Waals surface area (Å²) in [5, 5.41) is 14.3. The molecule has 0 saturated heterocycles. The molecule has 2 aromatic carbocycles. The lowest BCUT2D eigenvalue weighted by atomic mass is 10.1. The van der Waals surface area contributed by atoms with E-state index in [1.54, 1.807) is 25.1 Å². The second kappa shape index (κ2) is 11.5. The monoisotopic (exact) mass is 483 g/mol. The van der Waals surface area contributed by atoms with E-state index in [9.17, 15) is 19.7 Å². The number of nitrogens with zero attached hydrogens (tertiary/aromatic N) is 2. The molecule has 32 heavy (non-hydrogen) atoms. The molecule has 11 heteroatoms. The summed E-state index contributed by atoms with van der Waals surface area (Å²) in [6.07, 6.45) is 0.373. The number of nitro groups is 1. The first kappa shape index (κ1) is 25.2. The topological polar surface area (TPSA) is 111 Å². The average Bonchev–Trinajstić information content (AvgIpc) is 2.78. The van der Waals surface area contributed by atoms with Crippen molar-refractivity contribution in [1.82, 2.24) is 10.2 Å². The molecule has 172 valence electrons. The van der Waals surface area contributed by atoms with Crippen molar-refractivity contribution in [1.29, 1.82) is 0 Å². The molecule has 2 aromatic rings. The van der Waals surface area contributed by atoms with Gasteiger partial charge in [0.25, 0.3) is 5.91 Å². The number of amides is 2. The van der Waals surface area contributed by atoms with Gasteiger partial charge in [0.2, 0.25) is 11.7 Å². The molecule has 0 bridgehead atoms. The Morgan fingerprint density at radius 3 is 2.47 bits per heavy atom. The number of rotatable bonds is 10. The van der Waals surface area contributed by atoms with Gasteiger partial charge in [-0.1, -0.05) is 36.2 Å². The fraction of sp³-hybridized carbons (Fsp3) is 0.333. The summed E-state index contributed by atoms with van der Waals surface area (Å²) in [6, 6.07) is 8.14. The lowest BCUT2D eigenvalue weighted by Gasteiger charge is -2.30. The van der Waals surface area contributed by atoms with Crippen molar-refractivity contribution in [2.75, 3.05) is 20.8 Å². The second-order valence-electron chi connectivity index (χ2n) is 6.69. The SMILES string of the molecule is CC[C@@H](C(=O)NC)N(Cc1ccc(Cl)c(Cl)c1)C(=O)COc1ccc([N+](=O)[O-])c(OC)c1. The van der Waals surface area contributed by atoms with Gasteiger partial charge in [-0.3, -0.25) is 19.7 Å². The first-order chi connectivity index (χ1) is 15.2. The Hall–Kier alpha value is -3.04. The van der Waals surface area contributed by atoms with E-state index in [1.807, 2.05) is 0 Å². The van der Waals surface area contributed by atoms with E-state index < -0.39 is 23.5 Å². The van der Waals surface area contributed by atoms with Gasteiger partial charge < -0.3 is 19.7 Å². The van der Waals surface area contributed by atoms with Crippen LogP contribution in [0.2, 0.25) is 10.0 Å². The van der Waals surface area contributed by atoms with Crippen molar-refractivity contribution in [2.45, 2.75) is 25.9 Å². The molecule has 0 aliphatic rings. The van der Waals surface area contributed by atoms with Crippen LogP contribution in [0.1, 0.15) is 18.9 Å². The summed E-state index contributed by atoms with van der Waals surface area (Å²) in [7, 11) is 2.79. The van der Waals surface area contributed by atoms with E-state index in [0.29, 0.717) is 22.0 Å². The van der Waals surface area contributed by atoms with Crippen LogP contribution in [0, 0.1) is 10.1 Å². The maximum atomic E-state index is 13.0. The Balaban J connectivity index is 2.24. The van der Waals surface area contributed by atoms with Crippen LogP contribution in [-0.2, 0) is 16.1 Å². The number of nitro benzene ring substituents is 1. The van der Waals surface area contributed by atoms with Gasteiger partial charge in [-0.2, -0.15) is 0 Å². The third-order valence-electron chi connectivity index (χ3n) is 4.68. The number of carbonyl (C=O) groups is 2. The fourth-order valence-electron chi connectivity index (χ4n) is 3.05. The summed E-state index contributed by atoms with van der Waals surface area (Å²) in [4.78, 5) is 37.3. The van der Waals surface area contributed by atoms with Crippen molar-refractivity contribution in [3.63, 3.8) is 0 Å². The van der Waals surface area contributed by atoms with Gasteiger partial charge in [0.05, 0.1) is 22.1 Å². The molecule has 0 heterocycles. The highest BCUT2D eigenvalue weighted by Crippen LogP contribution is 2.31. The molecule has 0 aliphatic heterocycles. The smallest absolute Gasteiger partial charge is 0.311 e. The molecule has 2 amide bonds. The lowest BCUT2D eigenvalue weighted by molar-refractivity contribution is -0.385. The van der Waals surface area contributed by atoms with Gasteiger partial charge in [0.15, 0.2) is 6.61 Å². The first-order valence-electron chi connectivity index (χ1n) is 9.62. The average molecular weight is 484 g/mol. The molecular formula is C21H23Cl2N3O6. The number of hydrogen-bond donors (Lipinski definition) is 1. The third kappa shape index (κ3) is 6.24. The zero-order valence-electron chi connectivity index (χ0n) is 17.8. The fourth-order valence-corrected chi connectivity index (χ4v) is 3.37. The van der Waals surface area contributed by atoms with Gasteiger partial charge in [-0.25, -0.2) is 0 Å². The molecule has 0 aromatic heterocycles. The van der Waals surface area contributed by atoms with E-state index in [2.05, 4.69) is 5.32 Å². The Kier molecular flexibility index (Phi) is 9.10. The van der Waals surface area contributed by atoms with Crippen LogP contribution in [0.15, 0.2) is 36.4 Å². The second-order valence-corrected chi connectivity index (χ2v) is 7.50. The summed E-state index contributed by atoms with van der Waals surface area (Å²) in [5.74, 6) is -0.561. The third-order valence-corrected chi connectivity index (χ3v) is 5.42. The predicted molar refractivity (Wildman–Crippen MR) is 120 cm³/mol. The van der Waals surface area contributed by atoms with Gasteiger partial charge in [-0.15, -0.1) is 0 Å². The van der Waals surface area contributed by atoms with Gasteiger partial charge >= 0.3 is 5.69 Å². The molecular weight excluding hydrogens is 461 g/mol. The minimum Gasteiger partial charge on any atom is -0.490 e. The molecule has 0 radical (unpaired) electrons. The van der Waals surface area contributed by atoms with Gasteiger partial charge in [0, 0.05) is 25.7 Å². The number of likely N-dealkylation sites (N-methyl/N-ethyl adjacent to an activating group) is 1. The van der Waals surface area contributed by atoms with Crippen molar-refractivity contribution in [3.8, 4) is 11.5 Å². The Morgan fingerprint density at radius 2 is 1.91 bits per heavy atom. The van der Waals surface area contributed by atoms with Crippen LogP contribution < -0.4 is 14.8 Å². The van der Waals surface area contributed by atoms with E-state index in [4.69, 9.17) is 32.7 Å². The van der Waals surface area contributed by atoms with E-state index in [1.165, 1.54) is 37.3 Å². The largest absolute Gasteiger partial charge is 0.490 e. The van der Waals surface area contributed by atoms with Crippen LogP contribution >= 0.6 is 23.2 Å². The molecule has 9 nitrogen and oxygen atoms in total. The molecule has 0 fully saturated rings. The molecule has 1 N–H and O–H groups in total. The highest BCUT2D eigenvalue weighted by atomic mass is 35.5. The minimum absolute atomic E-state index is 0.00408. The first-order valence-corrected chi connectivity index (χ1v) is 10.4. The van der Waals surface area contributed by atoms with Gasteiger partial charge in [0.1, 0.15) is 11.8 Å². The number of halogens is 2.